The summed E-state index contributed by atoms with van der Waals surface area (Å²) >= 11 is 1.94. The van der Waals surface area contributed by atoms with Crippen molar-refractivity contribution in [2.24, 2.45) is 16.8 Å². The summed E-state index contributed by atoms with van der Waals surface area (Å²) in [7, 11) is 1.68. The molecule has 39 heavy (non-hydrogen) atoms. The fraction of sp³-hybridized carbons (Fsp3) is 0.471. The summed E-state index contributed by atoms with van der Waals surface area (Å²) in [5.41, 5.74) is 6.58. The summed E-state index contributed by atoms with van der Waals surface area (Å²) in [5.74, 6) is 3.18. The third-order valence-corrected chi connectivity index (χ3v) is 10.1. The lowest BCUT2D eigenvalue weighted by Crippen LogP contribution is -2.26. The predicted molar refractivity (Wildman–Crippen MR) is 164 cm³/mol. The average Bonchev–Trinajstić information content (AvgIpc) is 3.56. The van der Waals surface area contributed by atoms with Crippen LogP contribution < -0.4 is 10.1 Å². The largest absolute Gasteiger partial charge is 0.495 e. The van der Waals surface area contributed by atoms with Gasteiger partial charge in [-0.1, -0.05) is 37.3 Å². The van der Waals surface area contributed by atoms with Crippen LogP contribution in [0.1, 0.15) is 86.6 Å². The third-order valence-electron chi connectivity index (χ3n) is 8.93. The Kier molecular flexibility index (Phi) is 8.26. The van der Waals surface area contributed by atoms with Gasteiger partial charge in [-0.05, 0) is 104 Å². The number of methoxy groups -OCH3 is 1. The van der Waals surface area contributed by atoms with Crippen molar-refractivity contribution in [1.82, 2.24) is 10.3 Å². The first kappa shape index (κ1) is 26.5. The monoisotopic (exact) mass is 539 g/mol. The molecule has 0 spiro atoms. The van der Waals surface area contributed by atoms with E-state index in [0.29, 0.717) is 6.04 Å². The van der Waals surface area contributed by atoms with Gasteiger partial charge in [0.1, 0.15) is 10.8 Å². The van der Waals surface area contributed by atoms with Gasteiger partial charge in [0, 0.05) is 41.0 Å². The van der Waals surface area contributed by atoms with E-state index in [0.717, 1.165) is 48.5 Å². The molecule has 1 N–H and O–H groups in total. The smallest absolute Gasteiger partial charge is 0.137 e. The SMILES string of the molecule is COc1cncc(-c2ccc(CN[C@H]3CC[C@@H](C(C)CC/C4=C/CC/C=N\c5sc(C6CC6)cc54)C3)cc2)c1. The molecule has 0 bridgehead atoms. The molecule has 2 saturated carbocycles. The first-order valence-corrected chi connectivity index (χ1v) is 15.7. The number of hydrogen-bond acceptors (Lipinski definition) is 5. The number of aliphatic imine (C=N–C) groups is 1. The number of aromatic nitrogens is 1. The van der Waals surface area contributed by atoms with E-state index in [1.807, 2.05) is 23.6 Å². The molecule has 5 heteroatoms. The average molecular weight is 540 g/mol. The van der Waals surface area contributed by atoms with Crippen LogP contribution in [-0.2, 0) is 6.54 Å². The molecule has 2 aromatic heterocycles. The predicted octanol–water partition coefficient (Wildman–Crippen LogP) is 8.95. The minimum absolute atomic E-state index is 0.624. The maximum atomic E-state index is 5.32. The third kappa shape index (κ3) is 6.53. The van der Waals surface area contributed by atoms with E-state index in [-0.39, 0.29) is 0 Å². The lowest BCUT2D eigenvalue weighted by Gasteiger charge is -2.21. The van der Waals surface area contributed by atoms with Gasteiger partial charge in [0.05, 0.1) is 13.3 Å². The molecule has 1 aliphatic heterocycles. The van der Waals surface area contributed by atoms with Gasteiger partial charge in [0.25, 0.3) is 0 Å². The van der Waals surface area contributed by atoms with Gasteiger partial charge in [-0.25, -0.2) is 4.99 Å². The normalized spacial score (nSPS) is 23.8. The first-order chi connectivity index (χ1) is 19.2. The van der Waals surface area contributed by atoms with Gasteiger partial charge < -0.3 is 10.1 Å². The van der Waals surface area contributed by atoms with E-state index in [1.54, 1.807) is 23.8 Å². The van der Waals surface area contributed by atoms with Crippen LogP contribution in [0.2, 0.25) is 0 Å². The molecule has 1 unspecified atom stereocenters. The molecule has 6 rings (SSSR count). The molecule has 0 saturated heterocycles. The number of nitrogens with zero attached hydrogens (tertiary/aromatic N) is 2. The van der Waals surface area contributed by atoms with Crippen molar-refractivity contribution in [3.63, 3.8) is 0 Å². The molecular formula is C34H41N3OS. The molecule has 1 aromatic carbocycles. The Morgan fingerprint density at radius 3 is 2.72 bits per heavy atom. The summed E-state index contributed by atoms with van der Waals surface area (Å²) in [6.45, 7) is 3.42. The Balaban J connectivity index is 0.991. The maximum absolute atomic E-state index is 5.32. The summed E-state index contributed by atoms with van der Waals surface area (Å²) in [4.78, 5) is 10.7. The highest BCUT2D eigenvalue weighted by atomic mass is 32.1. The van der Waals surface area contributed by atoms with Crippen LogP contribution in [0.3, 0.4) is 0 Å². The van der Waals surface area contributed by atoms with Crippen LogP contribution >= 0.6 is 11.3 Å². The topological polar surface area (TPSA) is 46.5 Å². The standard InChI is InChI=1S/C34H41N3OS/c1-23(6-9-26-5-3-4-16-36-34-32(26)19-33(39-34)27-12-13-27)28-14-15-30(17-28)37-20-24-7-10-25(11-8-24)29-18-31(38-2)22-35-21-29/h5,7-8,10-11,16,18-19,21-23,27-28,30,37H,3-4,6,9,12-15,17,20H2,1-2H3/b26-5-,36-16-/t23?,28-,30+/m1/s1. The van der Waals surface area contributed by atoms with Gasteiger partial charge in [-0.2, -0.15) is 0 Å². The van der Waals surface area contributed by atoms with Gasteiger partial charge in [-0.3, -0.25) is 4.98 Å². The number of fused-ring (bicyclic) bond motifs is 1. The maximum Gasteiger partial charge on any atom is 0.137 e. The van der Waals surface area contributed by atoms with Crippen molar-refractivity contribution in [1.29, 1.82) is 0 Å². The van der Waals surface area contributed by atoms with E-state index in [2.05, 4.69) is 59.8 Å². The highest BCUT2D eigenvalue weighted by Gasteiger charge is 2.30. The number of thiophene rings is 1. The molecule has 4 nitrogen and oxygen atoms in total. The number of ether oxygens (including phenoxy) is 1. The highest BCUT2D eigenvalue weighted by molar-refractivity contribution is 7.16. The van der Waals surface area contributed by atoms with Crippen molar-refractivity contribution in [2.75, 3.05) is 7.11 Å². The van der Waals surface area contributed by atoms with E-state index < -0.39 is 0 Å². The molecule has 3 aromatic rings. The fourth-order valence-corrected chi connectivity index (χ4v) is 7.45. The molecule has 3 aliphatic rings. The number of allylic oxidation sites excluding steroid dienone is 2. The Morgan fingerprint density at radius 2 is 1.90 bits per heavy atom. The second-order valence-electron chi connectivity index (χ2n) is 11.7. The molecule has 0 radical (unpaired) electrons. The summed E-state index contributed by atoms with van der Waals surface area (Å²) in [5, 5.41) is 5.11. The number of pyridine rings is 1. The van der Waals surface area contributed by atoms with Crippen LogP contribution in [0.25, 0.3) is 16.7 Å². The quantitative estimate of drug-likeness (QED) is 0.280. The Bertz CT molecular complexity index is 1320. The summed E-state index contributed by atoms with van der Waals surface area (Å²) in [6, 6.07) is 14.0. The Labute approximate surface area is 237 Å². The van der Waals surface area contributed by atoms with Gasteiger partial charge in [-0.15, -0.1) is 11.3 Å². The van der Waals surface area contributed by atoms with Gasteiger partial charge >= 0.3 is 0 Å². The van der Waals surface area contributed by atoms with E-state index in [9.17, 15) is 0 Å². The zero-order valence-corrected chi connectivity index (χ0v) is 24.2. The van der Waals surface area contributed by atoms with Crippen LogP contribution in [0.15, 0.2) is 59.9 Å². The minimum atomic E-state index is 0.624. The molecule has 3 atom stereocenters. The van der Waals surface area contributed by atoms with Gasteiger partial charge in [0.15, 0.2) is 0 Å². The van der Waals surface area contributed by atoms with Crippen molar-refractivity contribution in [2.45, 2.75) is 83.2 Å². The Hall–Kier alpha value is -2.76. The molecular weight excluding hydrogens is 498 g/mol. The van der Waals surface area contributed by atoms with Crippen LogP contribution in [0, 0.1) is 11.8 Å². The molecule has 204 valence electrons. The zero-order chi connectivity index (χ0) is 26.6. The molecule has 3 heterocycles. The number of rotatable bonds is 10. The summed E-state index contributed by atoms with van der Waals surface area (Å²) in [6.07, 6.45) is 19.6. The fourth-order valence-electron chi connectivity index (χ4n) is 6.22. The second-order valence-corrected chi connectivity index (χ2v) is 12.8. The van der Waals surface area contributed by atoms with Crippen molar-refractivity contribution in [3.05, 3.63) is 70.9 Å². The van der Waals surface area contributed by atoms with Crippen molar-refractivity contribution in [3.8, 4) is 16.9 Å². The lowest BCUT2D eigenvalue weighted by molar-refractivity contribution is 0.339. The van der Waals surface area contributed by atoms with E-state index in [1.165, 1.54) is 66.6 Å². The first-order valence-electron chi connectivity index (χ1n) is 14.8. The number of hydrogen-bond donors (Lipinski definition) is 1. The molecule has 2 aliphatic carbocycles. The van der Waals surface area contributed by atoms with Crippen LogP contribution in [0.5, 0.6) is 5.75 Å². The van der Waals surface area contributed by atoms with E-state index >= 15 is 0 Å². The second kappa shape index (κ2) is 12.2. The van der Waals surface area contributed by atoms with E-state index in [4.69, 9.17) is 9.73 Å². The summed E-state index contributed by atoms with van der Waals surface area (Å²) < 4.78 is 5.32. The van der Waals surface area contributed by atoms with Crippen LogP contribution in [0.4, 0.5) is 5.00 Å². The van der Waals surface area contributed by atoms with Crippen molar-refractivity contribution < 1.29 is 4.74 Å². The number of benzene rings is 1. The lowest BCUT2D eigenvalue weighted by atomic mass is 9.86. The van der Waals surface area contributed by atoms with Crippen molar-refractivity contribution >= 4 is 28.1 Å². The van der Waals surface area contributed by atoms with Crippen LogP contribution in [-0.4, -0.2) is 24.4 Å². The number of nitrogens with one attached hydrogen (secondary N) is 1. The highest BCUT2D eigenvalue weighted by Crippen LogP contribution is 2.49. The zero-order valence-electron chi connectivity index (χ0n) is 23.4. The molecule has 2 fully saturated rings. The molecule has 0 amide bonds. The minimum Gasteiger partial charge on any atom is -0.495 e. The van der Waals surface area contributed by atoms with Gasteiger partial charge in [0.2, 0.25) is 0 Å². The Morgan fingerprint density at radius 1 is 1.03 bits per heavy atom.